The zero-order valence-electron chi connectivity index (χ0n) is 8.78. The van der Waals surface area contributed by atoms with E-state index in [1.54, 1.807) is 0 Å². The molecule has 0 amide bonds. The first kappa shape index (κ1) is 12.8. The van der Waals surface area contributed by atoms with E-state index >= 15 is 0 Å². The Morgan fingerprint density at radius 1 is 1.71 bits per heavy atom. The van der Waals surface area contributed by atoms with E-state index in [4.69, 9.17) is 15.1 Å². The van der Waals surface area contributed by atoms with Gasteiger partial charge in [-0.1, -0.05) is 0 Å². The molecule has 17 heavy (non-hydrogen) atoms. The number of carboxylic acid groups (broad SMARTS) is 1. The molecule has 0 atom stereocenters. The number of halogens is 2. The van der Waals surface area contributed by atoms with Crippen LogP contribution in [0, 0.1) is 11.3 Å². The molecule has 1 N–H and O–H groups in total. The minimum Gasteiger partial charge on any atom is -0.495 e. The SMILES string of the molecule is COc1cnc(C(F)F)c(C#N)c1CC(=O)O. The molecule has 0 fully saturated rings. The molecular weight excluding hydrogens is 234 g/mol. The van der Waals surface area contributed by atoms with Crippen molar-refractivity contribution in [3.8, 4) is 11.8 Å². The number of aromatic nitrogens is 1. The van der Waals surface area contributed by atoms with Gasteiger partial charge in [0.1, 0.15) is 17.5 Å². The highest BCUT2D eigenvalue weighted by Crippen LogP contribution is 2.29. The molecule has 0 aliphatic heterocycles. The first-order valence-electron chi connectivity index (χ1n) is 4.47. The largest absolute Gasteiger partial charge is 0.495 e. The van der Waals surface area contributed by atoms with Crippen LogP contribution in [0.1, 0.15) is 23.2 Å². The first-order chi connectivity index (χ1) is 8.01. The second-order valence-corrected chi connectivity index (χ2v) is 3.05. The lowest BCUT2D eigenvalue weighted by atomic mass is 10.0. The highest BCUT2D eigenvalue weighted by molar-refractivity contribution is 5.73. The van der Waals surface area contributed by atoms with Gasteiger partial charge >= 0.3 is 5.97 Å². The van der Waals surface area contributed by atoms with Crippen LogP contribution in [0.5, 0.6) is 5.75 Å². The van der Waals surface area contributed by atoms with Gasteiger partial charge in [-0.3, -0.25) is 4.79 Å². The minimum atomic E-state index is -2.94. The quantitative estimate of drug-likeness (QED) is 0.865. The monoisotopic (exact) mass is 242 g/mol. The van der Waals surface area contributed by atoms with Gasteiger partial charge in [-0.2, -0.15) is 5.26 Å². The molecule has 5 nitrogen and oxygen atoms in total. The van der Waals surface area contributed by atoms with Crippen molar-refractivity contribution in [1.82, 2.24) is 4.98 Å². The van der Waals surface area contributed by atoms with Crippen molar-refractivity contribution in [2.75, 3.05) is 7.11 Å². The Balaban J connectivity index is 3.44. The first-order valence-corrected chi connectivity index (χ1v) is 4.47. The Bertz CT molecular complexity index is 483. The highest BCUT2D eigenvalue weighted by atomic mass is 19.3. The van der Waals surface area contributed by atoms with Crippen molar-refractivity contribution < 1.29 is 23.4 Å². The predicted molar refractivity (Wildman–Crippen MR) is 51.8 cm³/mol. The molecule has 0 bridgehead atoms. The van der Waals surface area contributed by atoms with Crippen LogP contribution in [-0.4, -0.2) is 23.2 Å². The molecule has 0 radical (unpaired) electrons. The molecule has 0 aliphatic carbocycles. The smallest absolute Gasteiger partial charge is 0.308 e. The van der Waals surface area contributed by atoms with Gasteiger partial charge in [-0.05, 0) is 0 Å². The number of methoxy groups -OCH3 is 1. The Kier molecular flexibility index (Phi) is 3.93. The molecule has 0 aromatic carbocycles. The van der Waals surface area contributed by atoms with E-state index in [1.165, 1.54) is 13.2 Å². The van der Waals surface area contributed by atoms with E-state index in [0.717, 1.165) is 6.20 Å². The van der Waals surface area contributed by atoms with Crippen LogP contribution in [0.25, 0.3) is 0 Å². The molecule has 1 aromatic rings. The van der Waals surface area contributed by atoms with Crippen LogP contribution in [0.3, 0.4) is 0 Å². The average molecular weight is 242 g/mol. The molecule has 1 rings (SSSR count). The standard InChI is InChI=1S/C10H8F2N2O3/c1-17-7-4-14-9(10(11)12)6(3-13)5(7)2-8(15)16/h4,10H,2H2,1H3,(H,15,16). The summed E-state index contributed by atoms with van der Waals surface area (Å²) < 4.78 is 29.9. The maximum atomic E-state index is 12.6. The summed E-state index contributed by atoms with van der Waals surface area (Å²) in [7, 11) is 1.24. The third-order valence-corrected chi connectivity index (χ3v) is 2.04. The summed E-state index contributed by atoms with van der Waals surface area (Å²) in [5.74, 6) is -1.24. The summed E-state index contributed by atoms with van der Waals surface area (Å²) in [4.78, 5) is 14.0. The molecule has 0 saturated carbocycles. The number of hydrogen-bond acceptors (Lipinski definition) is 4. The van der Waals surface area contributed by atoms with Gasteiger partial charge in [-0.25, -0.2) is 13.8 Å². The van der Waals surface area contributed by atoms with Crippen molar-refractivity contribution in [2.24, 2.45) is 0 Å². The number of nitrogens with zero attached hydrogens (tertiary/aromatic N) is 2. The van der Waals surface area contributed by atoms with Gasteiger partial charge in [0.15, 0.2) is 0 Å². The number of alkyl halides is 2. The lowest BCUT2D eigenvalue weighted by Gasteiger charge is -2.10. The third-order valence-electron chi connectivity index (χ3n) is 2.04. The molecule has 1 heterocycles. The molecule has 0 saturated heterocycles. The van der Waals surface area contributed by atoms with Crippen LogP contribution in [0.15, 0.2) is 6.20 Å². The van der Waals surface area contributed by atoms with Crippen molar-refractivity contribution in [1.29, 1.82) is 5.26 Å². The Morgan fingerprint density at radius 3 is 2.76 bits per heavy atom. The molecule has 90 valence electrons. The Labute approximate surface area is 95.3 Å². The number of aliphatic carboxylic acids is 1. The van der Waals surface area contributed by atoms with Gasteiger partial charge < -0.3 is 9.84 Å². The summed E-state index contributed by atoms with van der Waals surface area (Å²) in [5.41, 5.74) is -1.26. The number of rotatable bonds is 4. The second kappa shape index (κ2) is 5.21. The van der Waals surface area contributed by atoms with E-state index in [1.807, 2.05) is 0 Å². The van der Waals surface area contributed by atoms with Gasteiger partial charge in [0.05, 0.1) is 25.3 Å². The molecule has 0 aliphatic rings. The number of pyridine rings is 1. The highest BCUT2D eigenvalue weighted by Gasteiger charge is 2.22. The van der Waals surface area contributed by atoms with E-state index in [0.29, 0.717) is 0 Å². The van der Waals surface area contributed by atoms with Crippen LogP contribution in [-0.2, 0) is 11.2 Å². The summed E-state index contributed by atoms with van der Waals surface area (Å²) in [6, 6.07) is 1.54. The topological polar surface area (TPSA) is 83.2 Å². The number of carboxylic acids is 1. The fraction of sp³-hybridized carbons (Fsp3) is 0.300. The van der Waals surface area contributed by atoms with E-state index < -0.39 is 30.1 Å². The molecular formula is C10H8F2N2O3. The van der Waals surface area contributed by atoms with Gasteiger partial charge in [0.25, 0.3) is 6.43 Å². The number of ether oxygens (including phenoxy) is 1. The number of nitriles is 1. The van der Waals surface area contributed by atoms with Crippen LogP contribution >= 0.6 is 0 Å². The second-order valence-electron chi connectivity index (χ2n) is 3.05. The Morgan fingerprint density at radius 2 is 2.35 bits per heavy atom. The normalized spacial score (nSPS) is 10.1. The minimum absolute atomic E-state index is 0.00773. The van der Waals surface area contributed by atoms with Crippen LogP contribution in [0.2, 0.25) is 0 Å². The maximum Gasteiger partial charge on any atom is 0.308 e. The fourth-order valence-corrected chi connectivity index (χ4v) is 1.34. The molecule has 0 unspecified atom stereocenters. The summed E-state index contributed by atoms with van der Waals surface area (Å²) >= 11 is 0. The molecule has 1 aromatic heterocycles. The number of hydrogen-bond donors (Lipinski definition) is 1. The Hall–Kier alpha value is -2.23. The van der Waals surface area contributed by atoms with E-state index in [2.05, 4.69) is 4.98 Å². The zero-order valence-corrected chi connectivity index (χ0v) is 8.78. The lowest BCUT2D eigenvalue weighted by Crippen LogP contribution is -2.08. The third kappa shape index (κ3) is 2.66. The zero-order chi connectivity index (χ0) is 13.0. The molecule has 0 spiro atoms. The lowest BCUT2D eigenvalue weighted by molar-refractivity contribution is -0.136. The summed E-state index contributed by atoms with van der Waals surface area (Å²) in [6.07, 6.45) is -2.53. The van der Waals surface area contributed by atoms with Crippen LogP contribution < -0.4 is 4.74 Å². The van der Waals surface area contributed by atoms with Crippen LogP contribution in [0.4, 0.5) is 8.78 Å². The van der Waals surface area contributed by atoms with Gasteiger partial charge in [0.2, 0.25) is 0 Å². The fourth-order valence-electron chi connectivity index (χ4n) is 1.34. The number of carbonyl (C=O) groups is 1. The molecule has 7 heteroatoms. The van der Waals surface area contributed by atoms with Crippen molar-refractivity contribution in [3.05, 3.63) is 23.0 Å². The summed E-state index contributed by atoms with van der Waals surface area (Å²) in [5, 5.41) is 17.5. The van der Waals surface area contributed by atoms with Gasteiger partial charge in [-0.15, -0.1) is 0 Å². The predicted octanol–water partition coefficient (Wildman–Crippen LogP) is 1.53. The van der Waals surface area contributed by atoms with E-state index in [-0.39, 0.29) is 11.3 Å². The average Bonchev–Trinajstić information content (AvgIpc) is 2.27. The van der Waals surface area contributed by atoms with Crippen molar-refractivity contribution in [3.63, 3.8) is 0 Å². The summed E-state index contributed by atoms with van der Waals surface area (Å²) in [6.45, 7) is 0. The maximum absolute atomic E-state index is 12.6. The van der Waals surface area contributed by atoms with E-state index in [9.17, 15) is 13.6 Å². The van der Waals surface area contributed by atoms with Crippen molar-refractivity contribution >= 4 is 5.97 Å². The van der Waals surface area contributed by atoms with Gasteiger partial charge in [0, 0.05) is 5.56 Å². The van der Waals surface area contributed by atoms with Crippen molar-refractivity contribution in [2.45, 2.75) is 12.8 Å².